The lowest BCUT2D eigenvalue weighted by Gasteiger charge is -2.34. The Morgan fingerprint density at radius 3 is 2.24 bits per heavy atom. The number of hydrogen-bond acceptors (Lipinski definition) is 3. The fourth-order valence-corrected chi connectivity index (χ4v) is 3.60. The fourth-order valence-electron chi connectivity index (χ4n) is 1.53. The molecule has 0 aliphatic rings. The van der Waals surface area contributed by atoms with E-state index in [9.17, 15) is 0 Å². The lowest BCUT2D eigenvalue weighted by Crippen LogP contribution is -2.40. The van der Waals surface area contributed by atoms with Gasteiger partial charge in [0.1, 0.15) is 0 Å². The van der Waals surface area contributed by atoms with Gasteiger partial charge in [-0.25, -0.2) is 0 Å². The van der Waals surface area contributed by atoms with Crippen LogP contribution in [-0.4, -0.2) is 31.0 Å². The van der Waals surface area contributed by atoms with E-state index in [2.05, 4.69) is 73.2 Å². The van der Waals surface area contributed by atoms with E-state index in [0.717, 1.165) is 6.67 Å². The van der Waals surface area contributed by atoms with Crippen molar-refractivity contribution in [2.75, 3.05) is 20.8 Å². The number of benzene rings is 1. The highest BCUT2D eigenvalue weighted by Gasteiger charge is 2.22. The highest BCUT2D eigenvalue weighted by atomic mass is 31.1. The second kappa shape index (κ2) is 6.46. The van der Waals surface area contributed by atoms with E-state index in [1.54, 1.807) is 0 Å². The summed E-state index contributed by atoms with van der Waals surface area (Å²) in [5, 5.41) is 8.27. The van der Waals surface area contributed by atoms with Gasteiger partial charge in [-0.05, 0) is 34.9 Å². The van der Waals surface area contributed by atoms with Crippen LogP contribution in [0, 0.1) is 0 Å². The molecule has 0 saturated heterocycles. The van der Waals surface area contributed by atoms with E-state index < -0.39 is 8.22 Å². The molecule has 1 aromatic carbocycles. The maximum absolute atomic E-state index is 3.71. The fraction of sp³-hybridized carbons (Fsp3) is 0.538. The van der Waals surface area contributed by atoms with Gasteiger partial charge in [-0.1, -0.05) is 30.3 Å². The maximum atomic E-state index is 3.71. The van der Waals surface area contributed by atoms with Crippen molar-refractivity contribution in [3.8, 4) is 0 Å². The van der Waals surface area contributed by atoms with Crippen LogP contribution in [0.1, 0.15) is 20.8 Å². The molecule has 96 valence electrons. The average molecular weight is 253 g/mol. The molecule has 0 heterocycles. The van der Waals surface area contributed by atoms with Crippen LogP contribution in [0.4, 0.5) is 0 Å². The molecule has 4 heteroatoms. The average Bonchev–Trinajstić information content (AvgIpc) is 2.26. The SMILES string of the molecule is CNCN(C)P(NC(C)(C)C)c1ccccc1. The Hall–Kier alpha value is -0.470. The zero-order chi connectivity index (χ0) is 12.9. The first-order valence-electron chi connectivity index (χ1n) is 5.92. The van der Waals surface area contributed by atoms with Crippen LogP contribution in [0.15, 0.2) is 30.3 Å². The first-order valence-corrected chi connectivity index (χ1v) is 7.22. The van der Waals surface area contributed by atoms with Gasteiger partial charge in [0, 0.05) is 10.8 Å². The summed E-state index contributed by atoms with van der Waals surface area (Å²) in [6.45, 7) is 7.50. The second-order valence-electron chi connectivity index (χ2n) is 5.18. The molecule has 0 saturated carbocycles. The molecule has 0 aliphatic heterocycles. The highest BCUT2D eigenvalue weighted by Crippen LogP contribution is 2.35. The third-order valence-electron chi connectivity index (χ3n) is 2.17. The number of nitrogens with zero attached hydrogens (tertiary/aromatic N) is 1. The maximum Gasteiger partial charge on any atom is 0.0709 e. The summed E-state index contributed by atoms with van der Waals surface area (Å²) in [4.78, 5) is 0. The summed E-state index contributed by atoms with van der Waals surface area (Å²) in [7, 11) is 3.63. The van der Waals surface area contributed by atoms with Crippen molar-refractivity contribution in [2.24, 2.45) is 0 Å². The predicted molar refractivity (Wildman–Crippen MR) is 77.6 cm³/mol. The molecule has 0 spiro atoms. The third kappa shape index (κ3) is 5.13. The van der Waals surface area contributed by atoms with E-state index in [1.807, 2.05) is 7.05 Å². The Balaban J connectivity index is 2.86. The van der Waals surface area contributed by atoms with Crippen LogP contribution in [0.25, 0.3) is 0 Å². The molecule has 0 aromatic heterocycles. The van der Waals surface area contributed by atoms with Gasteiger partial charge < -0.3 is 5.32 Å². The molecule has 2 N–H and O–H groups in total. The quantitative estimate of drug-likeness (QED) is 0.622. The highest BCUT2D eigenvalue weighted by molar-refractivity contribution is 7.61. The molecular formula is C13H24N3P. The van der Waals surface area contributed by atoms with Gasteiger partial charge in [0.05, 0.1) is 14.9 Å². The first-order chi connectivity index (χ1) is 7.94. The normalized spacial score (nSPS) is 14.0. The number of nitrogens with one attached hydrogen (secondary N) is 2. The summed E-state index contributed by atoms with van der Waals surface area (Å²) >= 11 is 0. The van der Waals surface area contributed by atoms with E-state index in [0.29, 0.717) is 0 Å². The van der Waals surface area contributed by atoms with Crippen LogP contribution >= 0.6 is 8.22 Å². The van der Waals surface area contributed by atoms with Gasteiger partial charge in [0.2, 0.25) is 0 Å². The van der Waals surface area contributed by atoms with Crippen molar-refractivity contribution in [3.05, 3.63) is 30.3 Å². The lowest BCUT2D eigenvalue weighted by atomic mass is 10.1. The van der Waals surface area contributed by atoms with Gasteiger partial charge in [0.25, 0.3) is 0 Å². The third-order valence-corrected chi connectivity index (χ3v) is 4.66. The van der Waals surface area contributed by atoms with Crippen LogP contribution in [0.5, 0.6) is 0 Å². The number of hydrogen-bond donors (Lipinski definition) is 2. The Labute approximate surface area is 106 Å². The molecule has 17 heavy (non-hydrogen) atoms. The number of rotatable bonds is 5. The summed E-state index contributed by atoms with van der Waals surface area (Å²) in [6.07, 6.45) is 0. The zero-order valence-corrected chi connectivity index (χ0v) is 12.4. The Bertz CT molecular complexity index is 321. The van der Waals surface area contributed by atoms with Gasteiger partial charge in [-0.15, -0.1) is 0 Å². The molecular weight excluding hydrogens is 229 g/mol. The van der Waals surface area contributed by atoms with Gasteiger partial charge >= 0.3 is 0 Å². The van der Waals surface area contributed by atoms with Crippen molar-refractivity contribution >= 4 is 13.5 Å². The summed E-state index contributed by atoms with van der Waals surface area (Å²) in [5.74, 6) is 0. The summed E-state index contributed by atoms with van der Waals surface area (Å²) < 4.78 is 2.33. The minimum absolute atomic E-state index is 0.115. The van der Waals surface area contributed by atoms with Crippen LogP contribution in [-0.2, 0) is 0 Å². The molecule has 0 radical (unpaired) electrons. The monoisotopic (exact) mass is 253 g/mol. The molecule has 0 aliphatic carbocycles. The van der Waals surface area contributed by atoms with Crippen LogP contribution in [0.3, 0.4) is 0 Å². The molecule has 1 unspecified atom stereocenters. The predicted octanol–water partition coefficient (Wildman–Crippen LogP) is 2.12. The molecule has 0 bridgehead atoms. The van der Waals surface area contributed by atoms with Crippen molar-refractivity contribution in [1.82, 2.24) is 15.1 Å². The standard InChI is InChI=1S/C13H24N3P/c1-13(2,3)15-17(16(5)11-14-4)12-9-7-6-8-10-12/h6-10,14-15H,11H2,1-5H3. The minimum atomic E-state index is -0.490. The molecule has 1 rings (SSSR count). The summed E-state index contributed by atoms with van der Waals surface area (Å²) in [6, 6.07) is 10.6. The van der Waals surface area contributed by atoms with Gasteiger partial charge in [-0.3, -0.25) is 9.76 Å². The lowest BCUT2D eigenvalue weighted by molar-refractivity contribution is 0.470. The molecule has 0 amide bonds. The zero-order valence-electron chi connectivity index (χ0n) is 11.5. The summed E-state index contributed by atoms with van der Waals surface area (Å²) in [5.41, 5.74) is 0.115. The van der Waals surface area contributed by atoms with Crippen molar-refractivity contribution in [2.45, 2.75) is 26.3 Å². The first kappa shape index (κ1) is 14.6. The van der Waals surface area contributed by atoms with E-state index in [1.165, 1.54) is 5.30 Å². The van der Waals surface area contributed by atoms with Crippen molar-refractivity contribution in [1.29, 1.82) is 0 Å². The van der Waals surface area contributed by atoms with E-state index in [-0.39, 0.29) is 5.54 Å². The van der Waals surface area contributed by atoms with Crippen LogP contribution < -0.4 is 15.7 Å². The smallest absolute Gasteiger partial charge is 0.0709 e. The van der Waals surface area contributed by atoms with E-state index in [4.69, 9.17) is 0 Å². The Morgan fingerprint density at radius 2 is 1.76 bits per heavy atom. The van der Waals surface area contributed by atoms with Crippen molar-refractivity contribution in [3.63, 3.8) is 0 Å². The molecule has 3 nitrogen and oxygen atoms in total. The van der Waals surface area contributed by atoms with Crippen LogP contribution in [0.2, 0.25) is 0 Å². The Morgan fingerprint density at radius 1 is 1.18 bits per heavy atom. The van der Waals surface area contributed by atoms with E-state index >= 15 is 0 Å². The van der Waals surface area contributed by atoms with Crippen molar-refractivity contribution < 1.29 is 0 Å². The topological polar surface area (TPSA) is 27.3 Å². The molecule has 0 fully saturated rings. The Kier molecular flexibility index (Phi) is 5.54. The van der Waals surface area contributed by atoms with Gasteiger partial charge in [0.15, 0.2) is 0 Å². The molecule has 1 atom stereocenters. The minimum Gasteiger partial charge on any atom is -0.307 e. The largest absolute Gasteiger partial charge is 0.307 e. The second-order valence-corrected chi connectivity index (χ2v) is 7.22. The van der Waals surface area contributed by atoms with Gasteiger partial charge in [-0.2, -0.15) is 0 Å². The molecule has 1 aromatic rings.